The van der Waals surface area contributed by atoms with E-state index in [1.54, 1.807) is 6.07 Å². The van der Waals surface area contributed by atoms with Gasteiger partial charge in [-0.2, -0.15) is 0 Å². The van der Waals surface area contributed by atoms with Gasteiger partial charge in [0.25, 0.3) is 10.0 Å². The summed E-state index contributed by atoms with van der Waals surface area (Å²) < 4.78 is 26.9. The summed E-state index contributed by atoms with van der Waals surface area (Å²) in [5.74, 6) is 0.203. The fourth-order valence-corrected chi connectivity index (χ4v) is 4.73. The minimum absolute atomic E-state index is 0.0233. The van der Waals surface area contributed by atoms with Crippen LogP contribution in [0.2, 0.25) is 15.1 Å². The van der Waals surface area contributed by atoms with Gasteiger partial charge in [0, 0.05) is 17.7 Å². The van der Waals surface area contributed by atoms with E-state index in [0.29, 0.717) is 9.50 Å². The average Bonchev–Trinajstić information content (AvgIpc) is 2.37. The van der Waals surface area contributed by atoms with Crippen molar-refractivity contribution in [3.05, 3.63) is 50.0 Å². The molecule has 9 heteroatoms. The first kappa shape index (κ1) is 16.8. The second-order valence-electron chi connectivity index (χ2n) is 4.01. The van der Waals surface area contributed by atoms with Crippen LogP contribution in [0.4, 0.5) is 5.82 Å². The molecule has 2 rings (SSSR count). The standard InChI is InChI=1S/C12H8BrCl3N2O2S/c1-18(11-3-2-8(14)6-17-11)21(19,20)12-9(15)4-7(13)5-10(12)16/h2-6H,1H3. The predicted octanol–water partition coefficient (Wildman–Crippen LogP) is 4.63. The first-order valence-electron chi connectivity index (χ1n) is 5.48. The Kier molecular flexibility index (Phi) is 5.05. The van der Waals surface area contributed by atoms with Crippen molar-refractivity contribution in [3.63, 3.8) is 0 Å². The van der Waals surface area contributed by atoms with Crippen LogP contribution < -0.4 is 4.31 Å². The summed E-state index contributed by atoms with van der Waals surface area (Å²) in [6.45, 7) is 0. The van der Waals surface area contributed by atoms with E-state index < -0.39 is 10.0 Å². The van der Waals surface area contributed by atoms with Crippen LogP contribution in [0, 0.1) is 0 Å². The molecule has 0 aliphatic heterocycles. The lowest BCUT2D eigenvalue weighted by molar-refractivity contribution is 0.594. The van der Waals surface area contributed by atoms with Gasteiger partial charge in [-0.1, -0.05) is 50.7 Å². The zero-order valence-electron chi connectivity index (χ0n) is 10.5. The van der Waals surface area contributed by atoms with E-state index in [2.05, 4.69) is 20.9 Å². The van der Waals surface area contributed by atoms with Crippen LogP contribution in [0.1, 0.15) is 0 Å². The molecule has 0 bridgehead atoms. The van der Waals surface area contributed by atoms with E-state index >= 15 is 0 Å². The van der Waals surface area contributed by atoms with Gasteiger partial charge in [0.05, 0.1) is 15.1 Å². The lowest BCUT2D eigenvalue weighted by Gasteiger charge is -2.20. The first-order valence-corrected chi connectivity index (χ1v) is 8.85. The Morgan fingerprint density at radius 1 is 1.14 bits per heavy atom. The molecule has 0 atom stereocenters. The fourth-order valence-electron chi connectivity index (χ4n) is 1.59. The monoisotopic (exact) mass is 428 g/mol. The molecule has 0 fully saturated rings. The summed E-state index contributed by atoms with van der Waals surface area (Å²) in [4.78, 5) is 3.79. The van der Waals surface area contributed by atoms with Crippen molar-refractivity contribution < 1.29 is 8.42 Å². The minimum Gasteiger partial charge on any atom is -0.253 e. The van der Waals surface area contributed by atoms with Crippen LogP contribution in [-0.2, 0) is 10.0 Å². The van der Waals surface area contributed by atoms with Gasteiger partial charge in [-0.15, -0.1) is 0 Å². The van der Waals surface area contributed by atoms with Crippen LogP contribution in [0.25, 0.3) is 0 Å². The third-order valence-electron chi connectivity index (χ3n) is 2.62. The van der Waals surface area contributed by atoms with Gasteiger partial charge < -0.3 is 0 Å². The molecule has 0 unspecified atom stereocenters. The van der Waals surface area contributed by atoms with Gasteiger partial charge in [0.2, 0.25) is 0 Å². The first-order chi connectivity index (χ1) is 9.73. The van der Waals surface area contributed by atoms with Crippen LogP contribution in [0.15, 0.2) is 39.8 Å². The quantitative estimate of drug-likeness (QED) is 0.713. The molecule has 112 valence electrons. The summed E-state index contributed by atoms with van der Waals surface area (Å²) in [7, 11) is -2.58. The number of hydrogen-bond donors (Lipinski definition) is 0. The molecule has 0 N–H and O–H groups in total. The molecule has 0 radical (unpaired) electrons. The smallest absolute Gasteiger partial charge is 0.253 e. The number of nitrogens with zero attached hydrogens (tertiary/aromatic N) is 2. The van der Waals surface area contributed by atoms with Crippen LogP contribution >= 0.6 is 50.7 Å². The van der Waals surface area contributed by atoms with Gasteiger partial charge in [0.1, 0.15) is 10.7 Å². The Balaban J connectivity index is 2.54. The highest BCUT2D eigenvalue weighted by Gasteiger charge is 2.28. The molecule has 4 nitrogen and oxygen atoms in total. The number of halogens is 4. The van der Waals surface area contributed by atoms with Gasteiger partial charge >= 0.3 is 0 Å². The lowest BCUT2D eigenvalue weighted by atomic mass is 10.4. The van der Waals surface area contributed by atoms with Crippen molar-refractivity contribution in [1.29, 1.82) is 0 Å². The van der Waals surface area contributed by atoms with Crippen molar-refractivity contribution in [2.75, 3.05) is 11.4 Å². The maximum absolute atomic E-state index is 12.6. The van der Waals surface area contributed by atoms with Crippen molar-refractivity contribution >= 4 is 66.6 Å². The van der Waals surface area contributed by atoms with E-state index in [-0.39, 0.29) is 20.8 Å². The Labute approximate surface area is 145 Å². The normalized spacial score (nSPS) is 11.5. The minimum atomic E-state index is -3.94. The predicted molar refractivity (Wildman–Crippen MR) is 89.0 cm³/mol. The molecular weight excluding hydrogens is 422 g/mol. The molecule has 1 aromatic heterocycles. The number of benzene rings is 1. The maximum atomic E-state index is 12.6. The van der Waals surface area contributed by atoms with E-state index in [1.165, 1.54) is 31.4 Å². The molecule has 21 heavy (non-hydrogen) atoms. The molecule has 0 saturated carbocycles. The summed E-state index contributed by atoms with van der Waals surface area (Å²) in [5.41, 5.74) is 0. The fraction of sp³-hybridized carbons (Fsp3) is 0.0833. The molecule has 0 aliphatic rings. The zero-order valence-corrected chi connectivity index (χ0v) is 15.2. The Hall–Kier alpha value is -0.530. The number of aromatic nitrogens is 1. The van der Waals surface area contributed by atoms with Crippen LogP contribution in [0.5, 0.6) is 0 Å². The SMILES string of the molecule is CN(c1ccc(Cl)cn1)S(=O)(=O)c1c(Cl)cc(Br)cc1Cl. The highest BCUT2D eigenvalue weighted by molar-refractivity contribution is 9.10. The van der Waals surface area contributed by atoms with E-state index in [4.69, 9.17) is 34.8 Å². The number of hydrogen-bond acceptors (Lipinski definition) is 3. The summed E-state index contributed by atoms with van der Waals surface area (Å²) in [6, 6.07) is 5.95. The van der Waals surface area contributed by atoms with Crippen molar-refractivity contribution in [3.8, 4) is 0 Å². The second kappa shape index (κ2) is 6.30. The van der Waals surface area contributed by atoms with Gasteiger partial charge in [-0.3, -0.25) is 4.31 Å². The molecule has 0 spiro atoms. The number of anilines is 1. The summed E-state index contributed by atoms with van der Waals surface area (Å²) >= 11 is 21.0. The molecule has 0 amide bonds. The Morgan fingerprint density at radius 2 is 1.71 bits per heavy atom. The van der Waals surface area contributed by atoms with E-state index in [9.17, 15) is 8.42 Å². The second-order valence-corrected chi connectivity index (χ2v) is 8.08. The van der Waals surface area contributed by atoms with Gasteiger partial charge in [0.15, 0.2) is 0 Å². The van der Waals surface area contributed by atoms with E-state index in [0.717, 1.165) is 4.31 Å². The number of rotatable bonds is 3. The number of sulfonamides is 1. The summed E-state index contributed by atoms with van der Waals surface area (Å²) in [6.07, 6.45) is 1.35. The van der Waals surface area contributed by atoms with Crippen LogP contribution in [-0.4, -0.2) is 20.4 Å². The molecule has 0 saturated heterocycles. The highest BCUT2D eigenvalue weighted by Crippen LogP contribution is 2.35. The molecule has 2 aromatic rings. The summed E-state index contributed by atoms with van der Waals surface area (Å²) in [5, 5.41) is 0.453. The van der Waals surface area contributed by atoms with Gasteiger partial charge in [-0.05, 0) is 24.3 Å². The number of pyridine rings is 1. The largest absolute Gasteiger partial charge is 0.268 e. The topological polar surface area (TPSA) is 50.3 Å². The highest BCUT2D eigenvalue weighted by atomic mass is 79.9. The van der Waals surface area contributed by atoms with Gasteiger partial charge in [-0.25, -0.2) is 13.4 Å². The molecule has 1 heterocycles. The Morgan fingerprint density at radius 3 is 2.19 bits per heavy atom. The molecule has 1 aromatic carbocycles. The molecule has 0 aliphatic carbocycles. The molecular formula is C12H8BrCl3N2O2S. The average molecular weight is 431 g/mol. The van der Waals surface area contributed by atoms with Crippen molar-refractivity contribution in [2.45, 2.75) is 4.90 Å². The van der Waals surface area contributed by atoms with Crippen LogP contribution in [0.3, 0.4) is 0 Å². The van der Waals surface area contributed by atoms with Crippen molar-refractivity contribution in [2.24, 2.45) is 0 Å². The maximum Gasteiger partial charge on any atom is 0.268 e. The Bertz CT molecular complexity index is 759. The third-order valence-corrected chi connectivity index (χ3v) is 5.98. The van der Waals surface area contributed by atoms with Crippen molar-refractivity contribution in [1.82, 2.24) is 4.98 Å². The zero-order chi connectivity index (χ0) is 15.8. The third kappa shape index (κ3) is 3.46. The van der Waals surface area contributed by atoms with E-state index in [1.807, 2.05) is 0 Å². The lowest BCUT2D eigenvalue weighted by Crippen LogP contribution is -2.27.